The maximum atomic E-state index is 15.1. The van der Waals surface area contributed by atoms with Crippen molar-refractivity contribution in [3.05, 3.63) is 90.0 Å². The van der Waals surface area contributed by atoms with Crippen molar-refractivity contribution in [2.24, 2.45) is 0 Å². The molecule has 3 aromatic carbocycles. The lowest BCUT2D eigenvalue weighted by molar-refractivity contribution is -0.127. The van der Waals surface area contributed by atoms with Crippen LogP contribution in [0.25, 0.3) is 11.0 Å². The minimum atomic E-state index is -1.48. The Morgan fingerprint density at radius 2 is 1.76 bits per heavy atom. The van der Waals surface area contributed by atoms with Crippen LogP contribution < -0.4 is 10.2 Å². The first-order chi connectivity index (χ1) is 18.0. The number of anilines is 1. The van der Waals surface area contributed by atoms with Gasteiger partial charge in [0.2, 0.25) is 11.8 Å². The fraction of sp³-hybridized carbons (Fsp3) is 0.259. The van der Waals surface area contributed by atoms with E-state index in [0.29, 0.717) is 17.6 Å². The molecule has 1 aliphatic heterocycles. The molecule has 0 saturated carbocycles. The number of amides is 2. The molecule has 0 aliphatic carbocycles. The van der Waals surface area contributed by atoms with E-state index in [9.17, 15) is 9.59 Å². The van der Waals surface area contributed by atoms with Gasteiger partial charge in [-0.25, -0.2) is 13.5 Å². The zero-order valence-electron chi connectivity index (χ0n) is 19.9. The second-order valence-electron chi connectivity index (χ2n) is 8.76. The second kappa shape index (κ2) is 10.8. The van der Waals surface area contributed by atoms with E-state index in [4.69, 9.17) is 4.74 Å². The summed E-state index contributed by atoms with van der Waals surface area (Å²) < 4.78 is 37.2. The molecular formula is C27H25F2N5O3. The first kappa shape index (κ1) is 24.5. The van der Waals surface area contributed by atoms with E-state index in [-0.39, 0.29) is 30.4 Å². The molecular weight excluding hydrogens is 480 g/mol. The molecule has 1 fully saturated rings. The summed E-state index contributed by atoms with van der Waals surface area (Å²) >= 11 is 0. The summed E-state index contributed by atoms with van der Waals surface area (Å²) in [5, 5.41) is 10.9. The predicted molar refractivity (Wildman–Crippen MR) is 133 cm³/mol. The Balaban J connectivity index is 1.56. The summed E-state index contributed by atoms with van der Waals surface area (Å²) in [7, 11) is 0. The van der Waals surface area contributed by atoms with Crippen LogP contribution in [-0.4, -0.2) is 46.1 Å². The van der Waals surface area contributed by atoms with E-state index < -0.39 is 29.5 Å². The maximum absolute atomic E-state index is 15.1. The van der Waals surface area contributed by atoms with Gasteiger partial charge in [-0.15, -0.1) is 5.10 Å². The van der Waals surface area contributed by atoms with Crippen LogP contribution in [-0.2, 0) is 20.9 Å². The molecule has 4 aromatic rings. The number of rotatable bonds is 8. The largest absolute Gasteiger partial charge is 0.376 e. The molecule has 8 nitrogen and oxygen atoms in total. The summed E-state index contributed by atoms with van der Waals surface area (Å²) in [5.41, 5.74) is 0.951. The van der Waals surface area contributed by atoms with Crippen LogP contribution in [0.4, 0.5) is 14.5 Å². The number of aromatic nitrogens is 3. The first-order valence-electron chi connectivity index (χ1n) is 12.0. The highest BCUT2D eigenvalue weighted by Crippen LogP contribution is 2.32. The van der Waals surface area contributed by atoms with E-state index in [0.717, 1.165) is 17.7 Å². The lowest BCUT2D eigenvalue weighted by Crippen LogP contribution is -2.47. The Morgan fingerprint density at radius 1 is 1.03 bits per heavy atom. The van der Waals surface area contributed by atoms with Crippen LogP contribution in [0, 0.1) is 11.6 Å². The number of hydrogen-bond acceptors (Lipinski definition) is 5. The van der Waals surface area contributed by atoms with E-state index in [2.05, 4.69) is 15.6 Å². The third-order valence-corrected chi connectivity index (χ3v) is 6.32. The number of fused-ring (bicyclic) bond motifs is 1. The number of ether oxygens (including phenoxy) is 1. The molecule has 5 rings (SSSR count). The molecule has 1 saturated heterocycles. The fourth-order valence-corrected chi connectivity index (χ4v) is 4.51. The Bertz CT molecular complexity index is 1420. The summed E-state index contributed by atoms with van der Waals surface area (Å²) in [6.45, 7) is 0.443. The van der Waals surface area contributed by atoms with Gasteiger partial charge in [0.15, 0.2) is 0 Å². The number of carbonyl (C=O) groups excluding carboxylic acids is 2. The zero-order valence-corrected chi connectivity index (χ0v) is 19.9. The number of hydrogen-bond donors (Lipinski definition) is 1. The molecule has 190 valence electrons. The van der Waals surface area contributed by atoms with Crippen LogP contribution in [0.1, 0.15) is 24.4 Å². The van der Waals surface area contributed by atoms with E-state index in [1.54, 1.807) is 36.4 Å². The Labute approximate surface area is 211 Å². The average molecular weight is 506 g/mol. The van der Waals surface area contributed by atoms with Crippen LogP contribution in [0.15, 0.2) is 72.8 Å². The third kappa shape index (κ3) is 5.19. The molecule has 37 heavy (non-hydrogen) atoms. The maximum Gasteiger partial charge on any atom is 0.249 e. The van der Waals surface area contributed by atoms with Crippen LogP contribution in [0.5, 0.6) is 0 Å². The zero-order chi connectivity index (χ0) is 25.8. The summed E-state index contributed by atoms with van der Waals surface area (Å²) in [6.07, 6.45) is 1.48. The molecule has 0 unspecified atom stereocenters. The summed E-state index contributed by atoms with van der Waals surface area (Å²) in [4.78, 5) is 28.5. The predicted octanol–water partition coefficient (Wildman–Crippen LogP) is 3.78. The van der Waals surface area contributed by atoms with Crippen molar-refractivity contribution < 1.29 is 23.1 Å². The molecule has 2 atom stereocenters. The van der Waals surface area contributed by atoms with Gasteiger partial charge in [0.1, 0.15) is 29.7 Å². The molecule has 1 aliphatic rings. The van der Waals surface area contributed by atoms with Gasteiger partial charge in [0.25, 0.3) is 0 Å². The lowest BCUT2D eigenvalue weighted by atomic mass is 10.0. The monoisotopic (exact) mass is 505 g/mol. The summed E-state index contributed by atoms with van der Waals surface area (Å²) in [6, 6.07) is 16.8. The Hall–Kier alpha value is -4.18. The van der Waals surface area contributed by atoms with E-state index >= 15 is 8.78 Å². The second-order valence-corrected chi connectivity index (χ2v) is 8.76. The van der Waals surface area contributed by atoms with Crippen molar-refractivity contribution in [2.75, 3.05) is 18.1 Å². The van der Waals surface area contributed by atoms with Gasteiger partial charge in [-0.1, -0.05) is 47.7 Å². The number of para-hydroxylation sites is 2. The van der Waals surface area contributed by atoms with Crippen molar-refractivity contribution in [1.29, 1.82) is 0 Å². The van der Waals surface area contributed by atoms with Crippen molar-refractivity contribution in [3.8, 4) is 0 Å². The van der Waals surface area contributed by atoms with Crippen LogP contribution >= 0.6 is 0 Å². The Morgan fingerprint density at radius 3 is 2.51 bits per heavy atom. The molecule has 2 heterocycles. The van der Waals surface area contributed by atoms with Gasteiger partial charge in [-0.2, -0.15) is 0 Å². The number of nitrogens with zero attached hydrogens (tertiary/aromatic N) is 4. The Kier molecular flexibility index (Phi) is 7.18. The number of halogens is 2. The molecule has 1 N–H and O–H groups in total. The molecule has 0 bridgehead atoms. The number of nitrogens with one attached hydrogen (secondary N) is 1. The molecule has 10 heteroatoms. The van der Waals surface area contributed by atoms with Gasteiger partial charge in [0.05, 0.1) is 17.3 Å². The van der Waals surface area contributed by atoms with Crippen LogP contribution in [0.3, 0.4) is 0 Å². The molecule has 0 radical (unpaired) electrons. The van der Waals surface area contributed by atoms with E-state index in [1.165, 1.54) is 41.1 Å². The average Bonchev–Trinajstić information content (AvgIpc) is 3.57. The number of benzene rings is 3. The SMILES string of the molecule is O=C(NC[C@H]1CCCO1)[C@H](c1ccccc1F)N(C(=O)Cn1nnc2ccccc21)c1ccccc1F. The van der Waals surface area contributed by atoms with Gasteiger partial charge >= 0.3 is 0 Å². The van der Waals surface area contributed by atoms with Gasteiger partial charge in [0, 0.05) is 18.7 Å². The quantitative estimate of drug-likeness (QED) is 0.394. The van der Waals surface area contributed by atoms with E-state index in [1.807, 2.05) is 0 Å². The lowest BCUT2D eigenvalue weighted by Gasteiger charge is -2.32. The van der Waals surface area contributed by atoms with Gasteiger partial charge in [-0.05, 0) is 43.2 Å². The highest BCUT2D eigenvalue weighted by Gasteiger charge is 2.36. The van der Waals surface area contributed by atoms with Crippen molar-refractivity contribution in [1.82, 2.24) is 20.3 Å². The normalized spacial score (nSPS) is 16.0. The number of carbonyl (C=O) groups is 2. The van der Waals surface area contributed by atoms with Crippen molar-refractivity contribution in [2.45, 2.75) is 31.5 Å². The van der Waals surface area contributed by atoms with Crippen LogP contribution in [0.2, 0.25) is 0 Å². The molecule has 0 spiro atoms. The fourth-order valence-electron chi connectivity index (χ4n) is 4.51. The molecule has 1 aromatic heterocycles. The van der Waals surface area contributed by atoms with Crippen molar-refractivity contribution >= 4 is 28.5 Å². The van der Waals surface area contributed by atoms with Gasteiger partial charge < -0.3 is 10.1 Å². The standard InChI is InChI=1S/C27H25F2N5O3/c28-20-10-2-1-9-19(20)26(27(36)30-16-18-8-7-15-37-18)34(23-13-5-3-11-21(23)29)25(35)17-33-24-14-6-4-12-22(24)31-32-33/h1-6,9-14,18,26H,7-8,15-17H2,(H,30,36)/t18-,26+/m1/s1. The third-order valence-electron chi connectivity index (χ3n) is 6.32. The minimum Gasteiger partial charge on any atom is -0.376 e. The van der Waals surface area contributed by atoms with Crippen molar-refractivity contribution in [3.63, 3.8) is 0 Å². The molecule has 2 amide bonds. The highest BCUT2D eigenvalue weighted by atomic mass is 19.1. The smallest absolute Gasteiger partial charge is 0.249 e. The summed E-state index contributed by atoms with van der Waals surface area (Å²) in [5.74, 6) is -2.74. The highest BCUT2D eigenvalue weighted by molar-refractivity contribution is 6.01. The minimum absolute atomic E-state index is 0.0626. The topological polar surface area (TPSA) is 89.4 Å². The first-order valence-corrected chi connectivity index (χ1v) is 12.0. The van der Waals surface area contributed by atoms with Gasteiger partial charge in [-0.3, -0.25) is 14.5 Å².